The van der Waals surface area contributed by atoms with E-state index in [-0.39, 0.29) is 23.7 Å². The van der Waals surface area contributed by atoms with Gasteiger partial charge in [0.15, 0.2) is 0 Å². The number of aliphatic hydroxyl groups is 1. The highest BCUT2D eigenvalue weighted by molar-refractivity contribution is 6.33. The summed E-state index contributed by atoms with van der Waals surface area (Å²) < 4.78 is 1.19. The molecule has 0 aromatic carbocycles. The molecule has 2 N–H and O–H groups in total. The largest absolute Gasteiger partial charge is 0.394 e. The first kappa shape index (κ1) is 15.3. The van der Waals surface area contributed by atoms with E-state index in [1.807, 2.05) is 6.92 Å². The predicted molar refractivity (Wildman–Crippen MR) is 79.5 cm³/mol. The third kappa shape index (κ3) is 3.31. The van der Waals surface area contributed by atoms with Gasteiger partial charge in [-0.1, -0.05) is 11.6 Å². The molecule has 6 nitrogen and oxygen atoms in total. The maximum Gasteiger partial charge on any atom is 0.287 e. The number of aromatic nitrogens is 2. The molecule has 0 saturated carbocycles. The van der Waals surface area contributed by atoms with E-state index in [1.54, 1.807) is 6.20 Å². The second-order valence-corrected chi connectivity index (χ2v) is 5.31. The van der Waals surface area contributed by atoms with E-state index in [4.69, 9.17) is 16.7 Å². The van der Waals surface area contributed by atoms with Crippen LogP contribution in [0.3, 0.4) is 0 Å². The maximum absolute atomic E-state index is 12.1. The smallest absolute Gasteiger partial charge is 0.287 e. The topological polar surface area (TPSA) is 70.4 Å². The van der Waals surface area contributed by atoms with Gasteiger partial charge in [-0.2, -0.15) is 5.10 Å². The first-order valence-corrected chi connectivity index (χ1v) is 7.40. The first-order valence-electron chi connectivity index (χ1n) is 7.02. The Morgan fingerprint density at radius 2 is 2.45 bits per heavy atom. The monoisotopic (exact) mass is 300 g/mol. The highest BCUT2D eigenvalue weighted by Crippen LogP contribution is 2.22. The zero-order valence-electron chi connectivity index (χ0n) is 11.7. The average molecular weight is 301 g/mol. The van der Waals surface area contributed by atoms with E-state index in [0.717, 1.165) is 26.1 Å². The molecule has 20 heavy (non-hydrogen) atoms. The highest BCUT2D eigenvalue weighted by Gasteiger charge is 2.20. The van der Waals surface area contributed by atoms with Crippen molar-refractivity contribution in [3.63, 3.8) is 0 Å². The Kier molecular flexibility index (Phi) is 5.39. The number of likely N-dealkylation sites (N-methyl/N-ethyl adjacent to an activating group) is 1. The van der Waals surface area contributed by atoms with Crippen LogP contribution in [0.1, 0.15) is 19.8 Å². The third-order valence-corrected chi connectivity index (χ3v) is 3.96. The summed E-state index contributed by atoms with van der Waals surface area (Å²) in [4.78, 5) is 14.1. The molecule has 1 aliphatic rings. The van der Waals surface area contributed by atoms with Gasteiger partial charge in [-0.25, -0.2) is 4.68 Å². The molecule has 1 unspecified atom stereocenters. The minimum absolute atomic E-state index is 0.133. The SMILES string of the molecule is CCN(CC1CCCN1)c1cnn(CCO)c(=O)c1Cl. The minimum atomic E-state index is -0.351. The van der Waals surface area contributed by atoms with Crippen molar-refractivity contribution < 1.29 is 5.11 Å². The van der Waals surface area contributed by atoms with E-state index in [0.29, 0.717) is 11.7 Å². The van der Waals surface area contributed by atoms with Gasteiger partial charge in [0, 0.05) is 19.1 Å². The standard InChI is InChI=1S/C13H21ClN4O2/c1-2-17(9-10-4-3-5-15-10)11-8-16-18(6-7-19)13(20)12(11)14/h8,10,15,19H,2-7,9H2,1H3. The van der Waals surface area contributed by atoms with E-state index in [2.05, 4.69) is 15.3 Å². The lowest BCUT2D eigenvalue weighted by Crippen LogP contribution is -2.39. The summed E-state index contributed by atoms with van der Waals surface area (Å²) in [6, 6.07) is 0.436. The van der Waals surface area contributed by atoms with Crippen LogP contribution in [-0.2, 0) is 6.54 Å². The summed E-state index contributed by atoms with van der Waals surface area (Å²) in [5.74, 6) is 0. The summed E-state index contributed by atoms with van der Waals surface area (Å²) in [5, 5.41) is 16.6. The molecular weight excluding hydrogens is 280 g/mol. The zero-order chi connectivity index (χ0) is 14.5. The maximum atomic E-state index is 12.1. The molecule has 0 bridgehead atoms. The number of anilines is 1. The molecule has 1 fully saturated rings. The van der Waals surface area contributed by atoms with Crippen LogP contribution in [-0.4, -0.2) is 47.2 Å². The van der Waals surface area contributed by atoms with Crippen LogP contribution in [0.15, 0.2) is 11.0 Å². The fourth-order valence-electron chi connectivity index (χ4n) is 2.51. The number of hydrogen-bond donors (Lipinski definition) is 2. The van der Waals surface area contributed by atoms with Gasteiger partial charge in [0.2, 0.25) is 0 Å². The molecule has 0 radical (unpaired) electrons. The molecule has 7 heteroatoms. The van der Waals surface area contributed by atoms with Crippen molar-refractivity contribution in [1.82, 2.24) is 15.1 Å². The van der Waals surface area contributed by atoms with Gasteiger partial charge in [-0.05, 0) is 26.3 Å². The molecule has 1 atom stereocenters. The minimum Gasteiger partial charge on any atom is -0.394 e. The lowest BCUT2D eigenvalue weighted by atomic mass is 10.2. The third-order valence-electron chi connectivity index (χ3n) is 3.60. The molecule has 0 aliphatic carbocycles. The first-order chi connectivity index (χ1) is 9.67. The summed E-state index contributed by atoms with van der Waals surface area (Å²) in [6.45, 7) is 4.70. The van der Waals surface area contributed by atoms with Crippen LogP contribution in [0.2, 0.25) is 5.02 Å². The van der Waals surface area contributed by atoms with Crippen LogP contribution in [0.4, 0.5) is 5.69 Å². The van der Waals surface area contributed by atoms with E-state index < -0.39 is 0 Å². The Labute approximate surface area is 123 Å². The van der Waals surface area contributed by atoms with Crippen LogP contribution in [0.5, 0.6) is 0 Å². The number of hydrogen-bond acceptors (Lipinski definition) is 5. The van der Waals surface area contributed by atoms with Gasteiger partial charge in [0.25, 0.3) is 5.56 Å². The van der Waals surface area contributed by atoms with E-state index >= 15 is 0 Å². The Balaban J connectivity index is 2.20. The van der Waals surface area contributed by atoms with Crippen LogP contribution >= 0.6 is 11.6 Å². The van der Waals surface area contributed by atoms with Crippen molar-refractivity contribution in [2.24, 2.45) is 0 Å². The van der Waals surface area contributed by atoms with Gasteiger partial charge in [-0.15, -0.1) is 0 Å². The molecular formula is C13H21ClN4O2. The molecule has 1 aromatic rings. The zero-order valence-corrected chi connectivity index (χ0v) is 12.4. The molecule has 2 heterocycles. The molecule has 112 valence electrons. The number of aliphatic hydroxyl groups excluding tert-OH is 1. The Morgan fingerprint density at radius 3 is 3.05 bits per heavy atom. The van der Waals surface area contributed by atoms with Crippen molar-refractivity contribution in [2.45, 2.75) is 32.4 Å². The molecule has 0 amide bonds. The lowest BCUT2D eigenvalue weighted by molar-refractivity contribution is 0.266. The predicted octanol–water partition coefficient (Wildman–Crippen LogP) is 0.467. The Morgan fingerprint density at radius 1 is 1.65 bits per heavy atom. The van der Waals surface area contributed by atoms with Crippen LogP contribution in [0, 0.1) is 0 Å². The van der Waals surface area contributed by atoms with E-state index in [9.17, 15) is 4.79 Å². The fraction of sp³-hybridized carbons (Fsp3) is 0.692. The van der Waals surface area contributed by atoms with Gasteiger partial charge in [0.1, 0.15) is 5.02 Å². The quantitative estimate of drug-likeness (QED) is 0.799. The summed E-state index contributed by atoms with van der Waals surface area (Å²) in [6.07, 6.45) is 3.94. The normalized spacial score (nSPS) is 18.4. The second-order valence-electron chi connectivity index (χ2n) is 4.93. The summed E-state index contributed by atoms with van der Waals surface area (Å²) in [5.41, 5.74) is 0.318. The fourth-order valence-corrected chi connectivity index (χ4v) is 2.77. The number of nitrogens with one attached hydrogen (secondary N) is 1. The van der Waals surface area contributed by atoms with Gasteiger partial charge >= 0.3 is 0 Å². The lowest BCUT2D eigenvalue weighted by Gasteiger charge is -2.27. The van der Waals surface area contributed by atoms with E-state index in [1.165, 1.54) is 11.1 Å². The van der Waals surface area contributed by atoms with Gasteiger partial charge in [0.05, 0.1) is 25.0 Å². The van der Waals surface area contributed by atoms with Gasteiger partial charge in [-0.3, -0.25) is 4.79 Å². The van der Waals surface area contributed by atoms with Crippen molar-refractivity contribution >= 4 is 17.3 Å². The van der Waals surface area contributed by atoms with Crippen molar-refractivity contribution in [3.05, 3.63) is 21.6 Å². The molecule has 1 saturated heterocycles. The summed E-state index contributed by atoms with van der Waals surface area (Å²) >= 11 is 6.18. The van der Waals surface area contributed by atoms with Crippen molar-refractivity contribution in [3.8, 4) is 0 Å². The Hall–Kier alpha value is -1.11. The van der Waals surface area contributed by atoms with Crippen molar-refractivity contribution in [1.29, 1.82) is 0 Å². The number of rotatable bonds is 6. The highest BCUT2D eigenvalue weighted by atomic mass is 35.5. The van der Waals surface area contributed by atoms with Crippen LogP contribution in [0.25, 0.3) is 0 Å². The second kappa shape index (κ2) is 7.06. The molecule has 2 rings (SSSR count). The average Bonchev–Trinajstić information content (AvgIpc) is 2.95. The molecule has 0 spiro atoms. The van der Waals surface area contributed by atoms with Gasteiger partial charge < -0.3 is 15.3 Å². The van der Waals surface area contributed by atoms with Crippen molar-refractivity contribution in [2.75, 3.05) is 31.1 Å². The Bertz CT molecular complexity index is 500. The summed E-state index contributed by atoms with van der Waals surface area (Å²) in [7, 11) is 0. The number of nitrogens with zero attached hydrogens (tertiary/aromatic N) is 3. The molecule has 1 aliphatic heterocycles. The number of halogens is 1. The van der Waals surface area contributed by atoms with Crippen LogP contribution < -0.4 is 15.8 Å². The molecule has 1 aromatic heterocycles.